The lowest BCUT2D eigenvalue weighted by Crippen LogP contribution is -2.39. The number of rotatable bonds is 12. The minimum atomic E-state index is 0.307. The molecule has 1 aromatic carbocycles. The first-order valence-electron chi connectivity index (χ1n) is 10.8. The minimum absolute atomic E-state index is 0.307. The number of ether oxygens (including phenoxy) is 2. The molecule has 0 aromatic heterocycles. The predicted octanol–water partition coefficient (Wildman–Crippen LogP) is 3.20. The van der Waals surface area contributed by atoms with E-state index in [9.17, 15) is 0 Å². The average Bonchev–Trinajstić information content (AvgIpc) is 3.25. The van der Waals surface area contributed by atoms with Gasteiger partial charge in [0.05, 0.1) is 19.7 Å². The van der Waals surface area contributed by atoms with E-state index in [4.69, 9.17) is 14.5 Å². The molecule has 158 valence electrons. The van der Waals surface area contributed by atoms with Crippen molar-refractivity contribution in [1.29, 1.82) is 0 Å². The van der Waals surface area contributed by atoms with Gasteiger partial charge in [0.1, 0.15) is 5.75 Å². The second kappa shape index (κ2) is 13.4. The van der Waals surface area contributed by atoms with E-state index in [0.717, 1.165) is 70.5 Å². The Labute approximate surface area is 170 Å². The van der Waals surface area contributed by atoms with Crippen LogP contribution in [0.3, 0.4) is 0 Å². The molecule has 6 heteroatoms. The Morgan fingerprint density at radius 1 is 1.11 bits per heavy atom. The van der Waals surface area contributed by atoms with Crippen LogP contribution >= 0.6 is 0 Å². The predicted molar refractivity (Wildman–Crippen MR) is 116 cm³/mol. The van der Waals surface area contributed by atoms with Crippen LogP contribution in [0.4, 0.5) is 0 Å². The molecule has 0 radical (unpaired) electrons. The van der Waals surface area contributed by atoms with Crippen LogP contribution in [0, 0.1) is 0 Å². The van der Waals surface area contributed by atoms with E-state index in [0.29, 0.717) is 6.04 Å². The molecule has 1 atom stereocenters. The van der Waals surface area contributed by atoms with Gasteiger partial charge < -0.3 is 20.1 Å². The van der Waals surface area contributed by atoms with Gasteiger partial charge in [0.2, 0.25) is 0 Å². The summed E-state index contributed by atoms with van der Waals surface area (Å²) >= 11 is 0. The molecule has 2 N–H and O–H groups in total. The van der Waals surface area contributed by atoms with E-state index in [2.05, 4.69) is 34.6 Å². The standard InChI is InChI=1S/C22H38N4O2/c1-4-23-22(24-14-6-9-17-28-5-2)25-18-21(26-15-7-8-16-26)19-10-12-20(27-3)13-11-19/h10-13,21H,4-9,14-18H2,1-3H3,(H2,23,24,25). The first-order valence-corrected chi connectivity index (χ1v) is 10.8. The zero-order valence-electron chi connectivity index (χ0n) is 17.9. The average molecular weight is 391 g/mol. The van der Waals surface area contributed by atoms with Crippen molar-refractivity contribution >= 4 is 5.96 Å². The molecule has 1 heterocycles. The van der Waals surface area contributed by atoms with E-state index < -0.39 is 0 Å². The molecule has 1 unspecified atom stereocenters. The van der Waals surface area contributed by atoms with Gasteiger partial charge in [-0.15, -0.1) is 0 Å². The molecule has 6 nitrogen and oxygen atoms in total. The number of guanidine groups is 1. The molecule has 0 aliphatic carbocycles. The van der Waals surface area contributed by atoms with E-state index in [1.165, 1.54) is 18.4 Å². The lowest BCUT2D eigenvalue weighted by Gasteiger charge is -2.27. The van der Waals surface area contributed by atoms with Crippen LogP contribution in [-0.2, 0) is 4.74 Å². The van der Waals surface area contributed by atoms with Crippen molar-refractivity contribution in [3.05, 3.63) is 29.8 Å². The normalized spacial score (nSPS) is 16.2. The summed E-state index contributed by atoms with van der Waals surface area (Å²) in [7, 11) is 1.71. The van der Waals surface area contributed by atoms with Crippen LogP contribution < -0.4 is 15.4 Å². The Morgan fingerprint density at radius 3 is 2.50 bits per heavy atom. The molecule has 0 saturated carbocycles. The minimum Gasteiger partial charge on any atom is -0.497 e. The third kappa shape index (κ3) is 7.68. The Kier molecular flexibility index (Phi) is 10.8. The fraction of sp³-hybridized carbons (Fsp3) is 0.682. The Hall–Kier alpha value is -1.79. The van der Waals surface area contributed by atoms with Crippen molar-refractivity contribution in [2.45, 2.75) is 45.6 Å². The molecular weight excluding hydrogens is 352 g/mol. The maximum atomic E-state index is 5.40. The van der Waals surface area contributed by atoms with Crippen LogP contribution in [0.25, 0.3) is 0 Å². The maximum Gasteiger partial charge on any atom is 0.191 e. The van der Waals surface area contributed by atoms with E-state index in [-0.39, 0.29) is 0 Å². The van der Waals surface area contributed by atoms with Gasteiger partial charge in [0, 0.05) is 26.3 Å². The topological polar surface area (TPSA) is 58.1 Å². The van der Waals surface area contributed by atoms with E-state index in [1.807, 2.05) is 19.1 Å². The van der Waals surface area contributed by atoms with Gasteiger partial charge in [-0.05, 0) is 70.3 Å². The number of aliphatic imine (C=N–C) groups is 1. The molecule has 0 amide bonds. The van der Waals surface area contributed by atoms with Gasteiger partial charge in [-0.2, -0.15) is 0 Å². The van der Waals surface area contributed by atoms with Crippen molar-refractivity contribution in [3.8, 4) is 5.75 Å². The van der Waals surface area contributed by atoms with Gasteiger partial charge in [-0.1, -0.05) is 12.1 Å². The van der Waals surface area contributed by atoms with E-state index in [1.54, 1.807) is 7.11 Å². The highest BCUT2D eigenvalue weighted by Crippen LogP contribution is 2.27. The van der Waals surface area contributed by atoms with Crippen molar-refractivity contribution in [2.24, 2.45) is 4.99 Å². The van der Waals surface area contributed by atoms with Crippen molar-refractivity contribution in [1.82, 2.24) is 15.5 Å². The highest BCUT2D eigenvalue weighted by Gasteiger charge is 2.23. The molecule has 1 aliphatic heterocycles. The lowest BCUT2D eigenvalue weighted by molar-refractivity contribution is 0.143. The highest BCUT2D eigenvalue weighted by molar-refractivity contribution is 5.79. The number of methoxy groups -OCH3 is 1. The van der Waals surface area contributed by atoms with Gasteiger partial charge >= 0.3 is 0 Å². The molecular formula is C22H38N4O2. The van der Waals surface area contributed by atoms with Crippen molar-refractivity contribution < 1.29 is 9.47 Å². The number of unbranched alkanes of at least 4 members (excludes halogenated alkanes) is 1. The second-order valence-electron chi connectivity index (χ2n) is 7.08. The van der Waals surface area contributed by atoms with Gasteiger partial charge in [0.25, 0.3) is 0 Å². The Morgan fingerprint density at radius 2 is 1.86 bits per heavy atom. The summed E-state index contributed by atoms with van der Waals surface area (Å²) in [5.74, 6) is 1.80. The van der Waals surface area contributed by atoms with E-state index >= 15 is 0 Å². The molecule has 0 bridgehead atoms. The van der Waals surface area contributed by atoms with Gasteiger partial charge in [-0.3, -0.25) is 9.89 Å². The zero-order valence-corrected chi connectivity index (χ0v) is 17.9. The zero-order chi connectivity index (χ0) is 20.0. The SMILES string of the molecule is CCNC(=NCC(c1ccc(OC)cc1)N1CCCC1)NCCCCOCC. The summed E-state index contributed by atoms with van der Waals surface area (Å²) in [5.41, 5.74) is 1.30. The molecule has 1 aromatic rings. The third-order valence-electron chi connectivity index (χ3n) is 5.06. The number of nitrogens with one attached hydrogen (secondary N) is 2. The first kappa shape index (κ1) is 22.5. The number of hydrogen-bond donors (Lipinski definition) is 2. The summed E-state index contributed by atoms with van der Waals surface area (Å²) in [6, 6.07) is 8.74. The fourth-order valence-electron chi connectivity index (χ4n) is 3.51. The van der Waals surface area contributed by atoms with Crippen molar-refractivity contribution in [3.63, 3.8) is 0 Å². The molecule has 1 saturated heterocycles. The summed E-state index contributed by atoms with van der Waals surface area (Å²) in [6.07, 6.45) is 4.70. The van der Waals surface area contributed by atoms with Crippen LogP contribution in [0.1, 0.15) is 51.1 Å². The Balaban J connectivity index is 1.96. The monoisotopic (exact) mass is 390 g/mol. The molecule has 0 spiro atoms. The molecule has 1 fully saturated rings. The van der Waals surface area contributed by atoms with Gasteiger partial charge in [0.15, 0.2) is 5.96 Å². The largest absolute Gasteiger partial charge is 0.497 e. The first-order chi connectivity index (χ1) is 13.8. The third-order valence-corrected chi connectivity index (χ3v) is 5.06. The fourth-order valence-corrected chi connectivity index (χ4v) is 3.51. The number of likely N-dealkylation sites (tertiary alicyclic amines) is 1. The maximum absolute atomic E-state index is 5.40. The van der Waals surface area contributed by atoms with Crippen LogP contribution in [0.5, 0.6) is 5.75 Å². The number of hydrogen-bond acceptors (Lipinski definition) is 4. The summed E-state index contributed by atoms with van der Waals surface area (Å²) in [4.78, 5) is 7.45. The summed E-state index contributed by atoms with van der Waals surface area (Å²) in [6.45, 7) is 10.6. The van der Waals surface area contributed by atoms with Crippen LogP contribution in [0.2, 0.25) is 0 Å². The smallest absolute Gasteiger partial charge is 0.191 e. The molecule has 28 heavy (non-hydrogen) atoms. The molecule has 1 aliphatic rings. The van der Waals surface area contributed by atoms with Gasteiger partial charge in [-0.25, -0.2) is 0 Å². The lowest BCUT2D eigenvalue weighted by atomic mass is 10.1. The second-order valence-corrected chi connectivity index (χ2v) is 7.08. The number of nitrogens with zero attached hydrogens (tertiary/aromatic N) is 2. The Bertz CT molecular complexity index is 556. The van der Waals surface area contributed by atoms with Crippen LogP contribution in [-0.4, -0.2) is 63.9 Å². The quantitative estimate of drug-likeness (QED) is 0.326. The van der Waals surface area contributed by atoms with Crippen LogP contribution in [0.15, 0.2) is 29.3 Å². The molecule has 2 rings (SSSR count). The highest BCUT2D eigenvalue weighted by atomic mass is 16.5. The summed E-state index contributed by atoms with van der Waals surface area (Å²) in [5, 5.41) is 6.83. The number of benzene rings is 1. The van der Waals surface area contributed by atoms with Crippen molar-refractivity contribution in [2.75, 3.05) is 53.0 Å². The summed E-state index contributed by atoms with van der Waals surface area (Å²) < 4.78 is 10.7.